The van der Waals surface area contributed by atoms with Gasteiger partial charge in [0.15, 0.2) is 17.3 Å². The normalized spacial score (nSPS) is 11.2. The van der Waals surface area contributed by atoms with Crippen LogP contribution >= 0.6 is 0 Å². The molecule has 0 aliphatic rings. The summed E-state index contributed by atoms with van der Waals surface area (Å²) < 4.78 is 21.3. The summed E-state index contributed by atoms with van der Waals surface area (Å²) in [7, 11) is 4.56. The summed E-state index contributed by atoms with van der Waals surface area (Å²) in [6.45, 7) is 0. The molecule has 1 heterocycles. The quantitative estimate of drug-likeness (QED) is 0.329. The molecule has 0 aliphatic carbocycles. The Bertz CT molecular complexity index is 1370. The van der Waals surface area contributed by atoms with Crippen LogP contribution in [0.4, 0.5) is 0 Å². The van der Waals surface area contributed by atoms with Gasteiger partial charge in [0.2, 0.25) is 0 Å². The Hall–Kier alpha value is -4.72. The standard InChI is InChI=1S/C27H23NO7/c1-32-19-9-5-17(6-10-19)24-25(18-7-11-20(33-2)12-8-18)28-35-26(24)21(27(30)31)14-16-4-13-22(29)23(15-16)34-3/h4-15,29H,1-3H3,(H,30,31)/b21-14-. The first-order valence-electron chi connectivity index (χ1n) is 10.6. The number of rotatable bonds is 8. The molecule has 0 unspecified atom stereocenters. The molecule has 1 aromatic heterocycles. The Balaban J connectivity index is 1.92. The number of ether oxygens (including phenoxy) is 3. The zero-order chi connectivity index (χ0) is 24.9. The first kappa shape index (κ1) is 23.4. The molecular weight excluding hydrogens is 450 g/mol. The van der Waals surface area contributed by atoms with Crippen LogP contribution in [-0.2, 0) is 4.79 Å². The molecule has 0 aliphatic heterocycles. The van der Waals surface area contributed by atoms with E-state index in [1.54, 1.807) is 44.6 Å². The molecule has 0 spiro atoms. The molecule has 8 nitrogen and oxygen atoms in total. The third kappa shape index (κ3) is 4.81. The summed E-state index contributed by atoms with van der Waals surface area (Å²) in [5.74, 6) is 0.376. The van der Waals surface area contributed by atoms with Crippen LogP contribution in [0.5, 0.6) is 23.0 Å². The van der Waals surface area contributed by atoms with Crippen LogP contribution in [0.2, 0.25) is 0 Å². The van der Waals surface area contributed by atoms with Crippen LogP contribution in [-0.4, -0.2) is 42.7 Å². The van der Waals surface area contributed by atoms with E-state index in [1.165, 1.54) is 25.3 Å². The number of nitrogens with zero attached hydrogens (tertiary/aromatic N) is 1. The fourth-order valence-electron chi connectivity index (χ4n) is 3.62. The van der Waals surface area contributed by atoms with Crippen LogP contribution in [0.15, 0.2) is 71.3 Å². The lowest BCUT2D eigenvalue weighted by molar-refractivity contribution is -0.130. The van der Waals surface area contributed by atoms with Gasteiger partial charge in [-0.2, -0.15) is 0 Å². The second-order valence-corrected chi connectivity index (χ2v) is 7.49. The number of methoxy groups -OCH3 is 3. The van der Waals surface area contributed by atoms with E-state index in [-0.39, 0.29) is 22.8 Å². The number of carboxylic acid groups (broad SMARTS) is 1. The lowest BCUT2D eigenvalue weighted by Crippen LogP contribution is -2.00. The number of phenolic OH excluding ortho intramolecular Hbond substituents is 1. The van der Waals surface area contributed by atoms with Gasteiger partial charge in [-0.3, -0.25) is 0 Å². The molecule has 0 bridgehead atoms. The second kappa shape index (κ2) is 10.0. The van der Waals surface area contributed by atoms with Gasteiger partial charge in [0.25, 0.3) is 0 Å². The largest absolute Gasteiger partial charge is 0.504 e. The van der Waals surface area contributed by atoms with E-state index in [9.17, 15) is 15.0 Å². The van der Waals surface area contributed by atoms with E-state index >= 15 is 0 Å². The summed E-state index contributed by atoms with van der Waals surface area (Å²) in [5, 5.41) is 24.2. The Morgan fingerprint density at radius 3 is 2.00 bits per heavy atom. The second-order valence-electron chi connectivity index (χ2n) is 7.49. The predicted molar refractivity (Wildman–Crippen MR) is 131 cm³/mol. The van der Waals surface area contributed by atoms with Crippen LogP contribution in [0, 0.1) is 0 Å². The van der Waals surface area contributed by atoms with E-state index in [1.807, 2.05) is 24.3 Å². The molecule has 8 heteroatoms. The van der Waals surface area contributed by atoms with Crippen molar-refractivity contribution in [3.05, 3.63) is 78.1 Å². The number of hydrogen-bond donors (Lipinski definition) is 2. The maximum atomic E-state index is 12.4. The molecule has 0 fully saturated rings. The minimum atomic E-state index is -1.20. The van der Waals surface area contributed by atoms with Crippen molar-refractivity contribution in [1.29, 1.82) is 0 Å². The topological polar surface area (TPSA) is 111 Å². The van der Waals surface area contributed by atoms with Gasteiger partial charge < -0.3 is 28.9 Å². The van der Waals surface area contributed by atoms with Gasteiger partial charge in [0.05, 0.1) is 26.9 Å². The summed E-state index contributed by atoms with van der Waals surface area (Å²) in [6.07, 6.45) is 1.44. The van der Waals surface area contributed by atoms with E-state index in [2.05, 4.69) is 5.16 Å². The van der Waals surface area contributed by atoms with Crippen molar-refractivity contribution in [3.63, 3.8) is 0 Å². The van der Waals surface area contributed by atoms with Crippen molar-refractivity contribution in [3.8, 4) is 45.4 Å². The average molecular weight is 473 g/mol. The lowest BCUT2D eigenvalue weighted by Gasteiger charge is -2.08. The first-order chi connectivity index (χ1) is 16.9. The van der Waals surface area contributed by atoms with Gasteiger partial charge in [-0.1, -0.05) is 23.4 Å². The minimum absolute atomic E-state index is 0.0538. The van der Waals surface area contributed by atoms with Crippen molar-refractivity contribution in [2.75, 3.05) is 21.3 Å². The summed E-state index contributed by atoms with van der Waals surface area (Å²) in [6, 6.07) is 18.9. The minimum Gasteiger partial charge on any atom is -0.504 e. The molecule has 0 saturated carbocycles. The van der Waals surface area contributed by atoms with Gasteiger partial charge in [0.1, 0.15) is 22.8 Å². The Kier molecular flexibility index (Phi) is 6.73. The van der Waals surface area contributed by atoms with Crippen molar-refractivity contribution in [2.45, 2.75) is 0 Å². The number of aliphatic carboxylic acids is 1. The molecule has 0 atom stereocenters. The third-order valence-corrected chi connectivity index (χ3v) is 5.42. The molecule has 3 aromatic carbocycles. The monoisotopic (exact) mass is 473 g/mol. The fourth-order valence-corrected chi connectivity index (χ4v) is 3.62. The molecule has 4 rings (SSSR count). The van der Waals surface area contributed by atoms with Crippen LogP contribution in [0.25, 0.3) is 34.0 Å². The SMILES string of the molecule is COc1ccc(-c2noc(/C(=C/c3ccc(O)c(OC)c3)C(=O)O)c2-c2ccc(OC)cc2)cc1. The van der Waals surface area contributed by atoms with Crippen molar-refractivity contribution in [1.82, 2.24) is 5.16 Å². The van der Waals surface area contributed by atoms with E-state index < -0.39 is 5.97 Å². The summed E-state index contributed by atoms with van der Waals surface area (Å²) >= 11 is 0. The number of aromatic hydroxyl groups is 1. The lowest BCUT2D eigenvalue weighted by atomic mass is 9.95. The number of phenols is 1. The Morgan fingerprint density at radius 1 is 0.857 bits per heavy atom. The van der Waals surface area contributed by atoms with E-state index in [0.29, 0.717) is 33.9 Å². The van der Waals surface area contributed by atoms with E-state index in [4.69, 9.17) is 18.7 Å². The summed E-state index contributed by atoms with van der Waals surface area (Å²) in [4.78, 5) is 12.4. The van der Waals surface area contributed by atoms with Gasteiger partial charge in [-0.15, -0.1) is 0 Å². The molecule has 178 valence electrons. The van der Waals surface area contributed by atoms with Gasteiger partial charge in [0, 0.05) is 5.56 Å². The number of benzene rings is 3. The van der Waals surface area contributed by atoms with Gasteiger partial charge >= 0.3 is 5.97 Å². The molecular formula is C27H23NO7. The highest BCUT2D eigenvalue weighted by molar-refractivity contribution is 6.22. The zero-order valence-corrected chi connectivity index (χ0v) is 19.3. The molecule has 35 heavy (non-hydrogen) atoms. The number of carbonyl (C=O) groups is 1. The third-order valence-electron chi connectivity index (χ3n) is 5.42. The molecule has 0 saturated heterocycles. The van der Waals surface area contributed by atoms with Crippen LogP contribution in [0.3, 0.4) is 0 Å². The fraction of sp³-hybridized carbons (Fsp3) is 0.111. The maximum absolute atomic E-state index is 12.4. The Labute approximate surface area is 201 Å². The zero-order valence-electron chi connectivity index (χ0n) is 19.3. The summed E-state index contributed by atoms with van der Waals surface area (Å²) in [5.41, 5.74) is 2.79. The Morgan fingerprint density at radius 2 is 1.46 bits per heavy atom. The van der Waals surface area contributed by atoms with E-state index in [0.717, 1.165) is 5.56 Å². The molecule has 0 radical (unpaired) electrons. The van der Waals surface area contributed by atoms with Crippen molar-refractivity contribution in [2.24, 2.45) is 0 Å². The predicted octanol–water partition coefficient (Wildman–Crippen LogP) is 5.37. The van der Waals surface area contributed by atoms with Crippen LogP contribution in [0.1, 0.15) is 11.3 Å². The number of aromatic nitrogens is 1. The number of carboxylic acids is 1. The molecule has 0 amide bonds. The average Bonchev–Trinajstić information content (AvgIpc) is 3.32. The highest BCUT2D eigenvalue weighted by Gasteiger charge is 2.26. The maximum Gasteiger partial charge on any atom is 0.339 e. The first-order valence-corrected chi connectivity index (χ1v) is 10.6. The number of hydrogen-bond acceptors (Lipinski definition) is 7. The highest BCUT2D eigenvalue weighted by Crippen LogP contribution is 2.40. The highest BCUT2D eigenvalue weighted by atomic mass is 16.5. The van der Waals surface area contributed by atoms with Crippen LogP contribution < -0.4 is 14.2 Å². The van der Waals surface area contributed by atoms with Crippen molar-refractivity contribution < 1.29 is 33.7 Å². The molecule has 4 aromatic rings. The smallest absolute Gasteiger partial charge is 0.339 e. The molecule has 2 N–H and O–H groups in total. The van der Waals surface area contributed by atoms with Gasteiger partial charge in [-0.05, 0) is 65.7 Å². The van der Waals surface area contributed by atoms with Gasteiger partial charge in [-0.25, -0.2) is 4.79 Å². The van der Waals surface area contributed by atoms with Crippen molar-refractivity contribution >= 4 is 17.6 Å².